The third kappa shape index (κ3) is 3.62. The van der Waals surface area contributed by atoms with Crippen molar-refractivity contribution in [3.05, 3.63) is 39.5 Å². The number of aryl methyl sites for hydroxylation is 2. The zero-order chi connectivity index (χ0) is 14.7. The molecule has 0 bridgehead atoms. The van der Waals surface area contributed by atoms with E-state index in [2.05, 4.69) is 41.3 Å². The van der Waals surface area contributed by atoms with Crippen LogP contribution >= 0.6 is 11.3 Å². The molecule has 2 aromatic heterocycles. The minimum Gasteiger partial charge on any atom is -0.367 e. The molecule has 4 heteroatoms. The monoisotopic (exact) mass is 301 g/mol. The molecule has 0 aromatic carbocycles. The number of thiophene rings is 1. The van der Waals surface area contributed by atoms with Gasteiger partial charge < -0.3 is 5.32 Å². The number of rotatable bonds is 4. The molecule has 3 nitrogen and oxygen atoms in total. The van der Waals surface area contributed by atoms with Crippen molar-refractivity contribution in [2.24, 2.45) is 0 Å². The summed E-state index contributed by atoms with van der Waals surface area (Å²) in [6.07, 6.45) is 8.81. The molecule has 1 aliphatic rings. The first-order chi connectivity index (χ1) is 10.2. The minimum atomic E-state index is 0.394. The Morgan fingerprint density at radius 1 is 1.19 bits per heavy atom. The summed E-state index contributed by atoms with van der Waals surface area (Å²) in [4.78, 5) is 11.8. The molecule has 0 saturated heterocycles. The second-order valence-electron chi connectivity index (χ2n) is 5.97. The second-order valence-corrected chi connectivity index (χ2v) is 7.34. The highest BCUT2D eigenvalue weighted by molar-refractivity contribution is 7.11. The Morgan fingerprint density at radius 2 is 2.05 bits per heavy atom. The topological polar surface area (TPSA) is 37.8 Å². The van der Waals surface area contributed by atoms with Gasteiger partial charge in [-0.3, -0.25) is 0 Å². The third-order valence-electron chi connectivity index (χ3n) is 4.06. The van der Waals surface area contributed by atoms with Crippen LogP contribution in [0.5, 0.6) is 0 Å². The highest BCUT2D eigenvalue weighted by Crippen LogP contribution is 2.25. The maximum atomic E-state index is 4.50. The van der Waals surface area contributed by atoms with Crippen molar-refractivity contribution < 1.29 is 0 Å². The molecular formula is C17H23N3S. The molecule has 1 aliphatic carbocycles. The lowest BCUT2D eigenvalue weighted by Gasteiger charge is -2.17. The standard InChI is InChI=1S/C17H23N3S/c1-12(10-14-9-8-13(2)21-14)20-17-15-6-4-3-5-7-16(15)18-11-19-17/h8-9,11-12H,3-7,10H2,1-2H3,(H,18,19,20). The summed E-state index contributed by atoms with van der Waals surface area (Å²) in [7, 11) is 0. The van der Waals surface area contributed by atoms with Crippen molar-refractivity contribution in [3.8, 4) is 0 Å². The van der Waals surface area contributed by atoms with E-state index in [1.807, 2.05) is 11.3 Å². The first-order valence-electron chi connectivity index (χ1n) is 7.87. The second kappa shape index (κ2) is 6.56. The Morgan fingerprint density at radius 3 is 2.86 bits per heavy atom. The summed E-state index contributed by atoms with van der Waals surface area (Å²) < 4.78 is 0. The molecule has 0 spiro atoms. The summed E-state index contributed by atoms with van der Waals surface area (Å²) in [5.41, 5.74) is 2.60. The molecule has 112 valence electrons. The highest BCUT2D eigenvalue weighted by Gasteiger charge is 2.16. The summed E-state index contributed by atoms with van der Waals surface area (Å²) in [5.74, 6) is 1.06. The van der Waals surface area contributed by atoms with E-state index in [9.17, 15) is 0 Å². The van der Waals surface area contributed by atoms with E-state index in [4.69, 9.17) is 0 Å². The van der Waals surface area contributed by atoms with Gasteiger partial charge in [0.15, 0.2) is 0 Å². The van der Waals surface area contributed by atoms with Crippen molar-refractivity contribution in [1.29, 1.82) is 0 Å². The molecule has 3 rings (SSSR count). The number of fused-ring (bicyclic) bond motifs is 1. The van der Waals surface area contributed by atoms with Crippen LogP contribution < -0.4 is 5.32 Å². The highest BCUT2D eigenvalue weighted by atomic mass is 32.1. The lowest BCUT2D eigenvalue weighted by atomic mass is 10.1. The van der Waals surface area contributed by atoms with Crippen LogP contribution in [0.2, 0.25) is 0 Å². The van der Waals surface area contributed by atoms with Crippen molar-refractivity contribution in [1.82, 2.24) is 9.97 Å². The van der Waals surface area contributed by atoms with Crippen molar-refractivity contribution in [2.75, 3.05) is 5.32 Å². The van der Waals surface area contributed by atoms with Crippen LogP contribution in [-0.4, -0.2) is 16.0 Å². The van der Waals surface area contributed by atoms with Crippen LogP contribution in [0.3, 0.4) is 0 Å². The van der Waals surface area contributed by atoms with Gasteiger partial charge in [0.25, 0.3) is 0 Å². The Kier molecular flexibility index (Phi) is 4.54. The number of nitrogens with one attached hydrogen (secondary N) is 1. The van der Waals surface area contributed by atoms with Gasteiger partial charge in [-0.15, -0.1) is 11.3 Å². The number of hydrogen-bond donors (Lipinski definition) is 1. The summed E-state index contributed by atoms with van der Waals surface area (Å²) in [5, 5.41) is 3.61. The molecule has 2 heterocycles. The fourth-order valence-corrected chi connectivity index (χ4v) is 4.02. The van der Waals surface area contributed by atoms with Crippen LogP contribution in [0.4, 0.5) is 5.82 Å². The van der Waals surface area contributed by atoms with E-state index >= 15 is 0 Å². The van der Waals surface area contributed by atoms with Gasteiger partial charge in [0.1, 0.15) is 12.1 Å². The molecule has 0 saturated carbocycles. The van der Waals surface area contributed by atoms with Gasteiger partial charge in [-0.1, -0.05) is 6.42 Å². The average molecular weight is 301 g/mol. The number of anilines is 1. The van der Waals surface area contributed by atoms with Crippen LogP contribution in [0.25, 0.3) is 0 Å². The van der Waals surface area contributed by atoms with Crippen LogP contribution in [0.15, 0.2) is 18.5 Å². The van der Waals surface area contributed by atoms with Gasteiger partial charge in [0.2, 0.25) is 0 Å². The minimum absolute atomic E-state index is 0.394. The molecule has 0 amide bonds. The van der Waals surface area contributed by atoms with E-state index < -0.39 is 0 Å². The van der Waals surface area contributed by atoms with E-state index in [0.717, 1.165) is 25.1 Å². The molecule has 1 atom stereocenters. The van der Waals surface area contributed by atoms with Gasteiger partial charge in [-0.2, -0.15) is 0 Å². The maximum absolute atomic E-state index is 4.50. The third-order valence-corrected chi connectivity index (χ3v) is 5.08. The predicted molar refractivity (Wildman–Crippen MR) is 89.1 cm³/mol. The lowest BCUT2D eigenvalue weighted by Crippen LogP contribution is -2.20. The van der Waals surface area contributed by atoms with Crippen molar-refractivity contribution >= 4 is 17.2 Å². The summed E-state index contributed by atoms with van der Waals surface area (Å²) in [6, 6.07) is 4.83. The van der Waals surface area contributed by atoms with Crippen molar-refractivity contribution in [2.45, 2.75) is 58.4 Å². The Labute approximate surface area is 130 Å². The molecule has 1 N–H and O–H groups in total. The summed E-state index contributed by atoms with van der Waals surface area (Å²) >= 11 is 1.89. The molecular weight excluding hydrogens is 278 g/mol. The number of aromatic nitrogens is 2. The fraction of sp³-hybridized carbons (Fsp3) is 0.529. The van der Waals surface area contributed by atoms with Gasteiger partial charge in [0, 0.05) is 33.5 Å². The largest absolute Gasteiger partial charge is 0.367 e. The summed E-state index contributed by atoms with van der Waals surface area (Å²) in [6.45, 7) is 4.40. The molecule has 0 radical (unpaired) electrons. The van der Waals surface area contributed by atoms with E-state index in [-0.39, 0.29) is 0 Å². The van der Waals surface area contributed by atoms with Crippen LogP contribution in [0.1, 0.15) is 47.2 Å². The normalized spacial score (nSPS) is 16.1. The molecule has 21 heavy (non-hydrogen) atoms. The van der Waals surface area contributed by atoms with E-state index in [1.54, 1.807) is 6.33 Å². The Hall–Kier alpha value is -1.42. The van der Waals surface area contributed by atoms with E-state index in [1.165, 1.54) is 40.3 Å². The predicted octanol–water partition coefficient (Wildman–Crippen LogP) is 4.16. The molecule has 2 aromatic rings. The van der Waals surface area contributed by atoms with Crippen LogP contribution in [-0.2, 0) is 19.3 Å². The van der Waals surface area contributed by atoms with E-state index in [0.29, 0.717) is 6.04 Å². The Balaban J connectivity index is 1.72. The van der Waals surface area contributed by atoms with Gasteiger partial charge >= 0.3 is 0 Å². The molecule has 0 fully saturated rings. The zero-order valence-corrected chi connectivity index (χ0v) is 13.7. The maximum Gasteiger partial charge on any atom is 0.133 e. The van der Waals surface area contributed by atoms with Crippen LogP contribution in [0, 0.1) is 6.92 Å². The average Bonchev–Trinajstić information content (AvgIpc) is 2.73. The molecule has 1 unspecified atom stereocenters. The Bertz CT molecular complexity index is 606. The fourth-order valence-electron chi connectivity index (χ4n) is 3.00. The van der Waals surface area contributed by atoms with Gasteiger partial charge in [0.05, 0.1) is 0 Å². The molecule has 0 aliphatic heterocycles. The van der Waals surface area contributed by atoms with Gasteiger partial charge in [-0.05, 0) is 51.7 Å². The number of nitrogens with zero attached hydrogens (tertiary/aromatic N) is 2. The number of hydrogen-bond acceptors (Lipinski definition) is 4. The zero-order valence-electron chi connectivity index (χ0n) is 12.9. The van der Waals surface area contributed by atoms with Crippen molar-refractivity contribution in [3.63, 3.8) is 0 Å². The quantitative estimate of drug-likeness (QED) is 0.862. The smallest absolute Gasteiger partial charge is 0.133 e. The first-order valence-corrected chi connectivity index (χ1v) is 8.68. The van der Waals surface area contributed by atoms with Gasteiger partial charge in [-0.25, -0.2) is 9.97 Å². The lowest BCUT2D eigenvalue weighted by molar-refractivity contribution is 0.708. The SMILES string of the molecule is Cc1ccc(CC(C)Nc2ncnc3c2CCCCC3)s1. The first kappa shape index (κ1) is 14.5.